The van der Waals surface area contributed by atoms with Crippen molar-refractivity contribution in [2.45, 2.75) is 19.0 Å². The highest BCUT2D eigenvalue weighted by Gasteiger charge is 2.23. The maximum Gasteiger partial charge on any atom is 0.0634 e. The van der Waals surface area contributed by atoms with Crippen LogP contribution in [-0.2, 0) is 13.0 Å². The Labute approximate surface area is 131 Å². The SMILES string of the molecule is Clc1cnccc1CN1CCNCC1Cc1ccccc1. The van der Waals surface area contributed by atoms with E-state index in [2.05, 4.69) is 45.5 Å². The molecule has 2 heterocycles. The Bertz CT molecular complexity index is 573. The van der Waals surface area contributed by atoms with Gasteiger partial charge in [0.05, 0.1) is 5.02 Å². The van der Waals surface area contributed by atoms with E-state index in [9.17, 15) is 0 Å². The van der Waals surface area contributed by atoms with Gasteiger partial charge in [-0.2, -0.15) is 0 Å². The van der Waals surface area contributed by atoms with E-state index in [1.54, 1.807) is 6.20 Å². The van der Waals surface area contributed by atoms with Crippen LogP contribution in [0.2, 0.25) is 5.02 Å². The first-order valence-electron chi connectivity index (χ1n) is 7.40. The summed E-state index contributed by atoms with van der Waals surface area (Å²) in [6.45, 7) is 4.00. The van der Waals surface area contributed by atoms with E-state index >= 15 is 0 Å². The summed E-state index contributed by atoms with van der Waals surface area (Å²) in [6, 6.07) is 13.2. The molecule has 1 N–H and O–H groups in total. The van der Waals surface area contributed by atoms with Gasteiger partial charge in [-0.3, -0.25) is 9.88 Å². The lowest BCUT2D eigenvalue weighted by atomic mass is 10.0. The van der Waals surface area contributed by atoms with E-state index in [4.69, 9.17) is 11.6 Å². The van der Waals surface area contributed by atoms with Crippen LogP contribution in [0.5, 0.6) is 0 Å². The van der Waals surface area contributed by atoms with Crippen molar-refractivity contribution in [2.75, 3.05) is 19.6 Å². The van der Waals surface area contributed by atoms with Crippen LogP contribution in [0.4, 0.5) is 0 Å². The summed E-state index contributed by atoms with van der Waals surface area (Å²) in [5, 5.41) is 4.26. The van der Waals surface area contributed by atoms with E-state index < -0.39 is 0 Å². The van der Waals surface area contributed by atoms with Gasteiger partial charge in [-0.15, -0.1) is 0 Å². The summed E-state index contributed by atoms with van der Waals surface area (Å²) in [5.74, 6) is 0. The molecule has 1 saturated heterocycles. The molecule has 1 aliphatic rings. The fourth-order valence-electron chi connectivity index (χ4n) is 2.85. The summed E-state index contributed by atoms with van der Waals surface area (Å²) in [6.07, 6.45) is 4.61. The fraction of sp³-hybridized carbons (Fsp3) is 0.353. The first-order valence-corrected chi connectivity index (χ1v) is 7.78. The van der Waals surface area contributed by atoms with Gasteiger partial charge in [0.2, 0.25) is 0 Å². The van der Waals surface area contributed by atoms with Gasteiger partial charge in [0.15, 0.2) is 0 Å². The number of halogens is 1. The normalized spacial score (nSPS) is 19.6. The van der Waals surface area contributed by atoms with Crippen molar-refractivity contribution < 1.29 is 0 Å². The number of aromatic nitrogens is 1. The quantitative estimate of drug-likeness (QED) is 0.941. The smallest absolute Gasteiger partial charge is 0.0634 e. The highest BCUT2D eigenvalue weighted by molar-refractivity contribution is 6.31. The number of hydrogen-bond donors (Lipinski definition) is 1. The van der Waals surface area contributed by atoms with Gasteiger partial charge in [-0.1, -0.05) is 41.9 Å². The Morgan fingerprint density at radius 2 is 2.10 bits per heavy atom. The van der Waals surface area contributed by atoms with Gasteiger partial charge >= 0.3 is 0 Å². The third kappa shape index (κ3) is 3.82. The molecule has 1 atom stereocenters. The molecule has 1 unspecified atom stereocenters. The van der Waals surface area contributed by atoms with Crippen molar-refractivity contribution >= 4 is 11.6 Å². The summed E-state index contributed by atoms with van der Waals surface area (Å²) >= 11 is 6.25. The molecule has 0 radical (unpaired) electrons. The minimum Gasteiger partial charge on any atom is -0.314 e. The highest BCUT2D eigenvalue weighted by atomic mass is 35.5. The topological polar surface area (TPSA) is 28.2 Å². The number of nitrogens with one attached hydrogen (secondary N) is 1. The molecule has 0 saturated carbocycles. The Balaban J connectivity index is 1.71. The molecule has 3 rings (SSSR count). The lowest BCUT2D eigenvalue weighted by Crippen LogP contribution is -2.51. The fourth-order valence-corrected chi connectivity index (χ4v) is 3.03. The molecule has 4 heteroatoms. The third-order valence-corrected chi connectivity index (χ3v) is 4.36. The average Bonchev–Trinajstić information content (AvgIpc) is 2.52. The molecule has 0 amide bonds. The van der Waals surface area contributed by atoms with Gasteiger partial charge in [0, 0.05) is 44.6 Å². The van der Waals surface area contributed by atoms with Crippen LogP contribution in [0.3, 0.4) is 0 Å². The maximum absolute atomic E-state index is 6.25. The van der Waals surface area contributed by atoms with Crippen LogP contribution in [0.25, 0.3) is 0 Å². The van der Waals surface area contributed by atoms with Crippen LogP contribution in [0.1, 0.15) is 11.1 Å². The van der Waals surface area contributed by atoms with Crippen LogP contribution < -0.4 is 5.32 Å². The molecule has 1 aromatic heterocycles. The molecule has 0 spiro atoms. The molecule has 1 fully saturated rings. The molecular weight excluding hydrogens is 282 g/mol. The summed E-state index contributed by atoms with van der Waals surface area (Å²) in [7, 11) is 0. The molecule has 1 aliphatic heterocycles. The molecule has 110 valence electrons. The van der Waals surface area contributed by atoms with Gasteiger partial charge in [-0.05, 0) is 23.6 Å². The number of hydrogen-bond acceptors (Lipinski definition) is 3. The molecule has 0 bridgehead atoms. The first kappa shape index (κ1) is 14.5. The molecular formula is C17H20ClN3. The van der Waals surface area contributed by atoms with Gasteiger partial charge in [-0.25, -0.2) is 0 Å². The van der Waals surface area contributed by atoms with Crippen LogP contribution >= 0.6 is 11.6 Å². The second-order valence-electron chi connectivity index (χ2n) is 5.49. The van der Waals surface area contributed by atoms with Crippen LogP contribution in [-0.4, -0.2) is 35.6 Å². The zero-order valence-electron chi connectivity index (χ0n) is 12.0. The highest BCUT2D eigenvalue weighted by Crippen LogP contribution is 2.19. The van der Waals surface area contributed by atoms with Crippen molar-refractivity contribution in [1.82, 2.24) is 15.2 Å². The van der Waals surface area contributed by atoms with Crippen LogP contribution in [0.15, 0.2) is 48.8 Å². The number of nitrogens with zero attached hydrogens (tertiary/aromatic N) is 2. The van der Waals surface area contributed by atoms with Crippen molar-refractivity contribution in [3.05, 3.63) is 64.9 Å². The number of rotatable bonds is 4. The predicted molar refractivity (Wildman–Crippen MR) is 86.5 cm³/mol. The van der Waals surface area contributed by atoms with E-state index in [0.29, 0.717) is 6.04 Å². The van der Waals surface area contributed by atoms with E-state index in [-0.39, 0.29) is 0 Å². The Morgan fingerprint density at radius 1 is 1.24 bits per heavy atom. The largest absolute Gasteiger partial charge is 0.314 e. The Kier molecular flexibility index (Phi) is 4.86. The second-order valence-corrected chi connectivity index (χ2v) is 5.89. The molecule has 2 aromatic rings. The zero-order valence-corrected chi connectivity index (χ0v) is 12.8. The number of piperazine rings is 1. The third-order valence-electron chi connectivity index (χ3n) is 4.02. The Morgan fingerprint density at radius 3 is 2.90 bits per heavy atom. The average molecular weight is 302 g/mol. The standard InChI is InChI=1S/C17H20ClN3/c18-17-12-19-7-6-15(17)13-21-9-8-20-11-16(21)10-14-4-2-1-3-5-14/h1-7,12,16,20H,8-11,13H2. The maximum atomic E-state index is 6.25. The minimum atomic E-state index is 0.505. The second kappa shape index (κ2) is 7.03. The number of pyridine rings is 1. The van der Waals surface area contributed by atoms with E-state index in [1.165, 1.54) is 5.56 Å². The van der Waals surface area contributed by atoms with Gasteiger partial charge < -0.3 is 5.32 Å². The van der Waals surface area contributed by atoms with Gasteiger partial charge in [0.1, 0.15) is 0 Å². The van der Waals surface area contributed by atoms with E-state index in [1.807, 2.05) is 12.3 Å². The van der Waals surface area contributed by atoms with Gasteiger partial charge in [0.25, 0.3) is 0 Å². The zero-order chi connectivity index (χ0) is 14.5. The predicted octanol–water partition coefficient (Wildman–Crippen LogP) is 2.75. The minimum absolute atomic E-state index is 0.505. The molecule has 3 nitrogen and oxygen atoms in total. The lowest BCUT2D eigenvalue weighted by molar-refractivity contribution is 0.152. The van der Waals surface area contributed by atoms with Crippen molar-refractivity contribution in [3.63, 3.8) is 0 Å². The van der Waals surface area contributed by atoms with E-state index in [0.717, 1.165) is 43.2 Å². The summed E-state index contributed by atoms with van der Waals surface area (Å²) in [4.78, 5) is 6.58. The molecule has 21 heavy (non-hydrogen) atoms. The summed E-state index contributed by atoms with van der Waals surface area (Å²) in [5.41, 5.74) is 2.55. The first-order chi connectivity index (χ1) is 10.3. The number of benzene rings is 1. The Hall–Kier alpha value is -1.42. The van der Waals surface area contributed by atoms with Crippen molar-refractivity contribution in [3.8, 4) is 0 Å². The van der Waals surface area contributed by atoms with Crippen molar-refractivity contribution in [1.29, 1.82) is 0 Å². The van der Waals surface area contributed by atoms with Crippen LogP contribution in [0, 0.1) is 0 Å². The lowest BCUT2D eigenvalue weighted by Gasteiger charge is -2.36. The monoisotopic (exact) mass is 301 g/mol. The molecule has 1 aromatic carbocycles. The molecule has 0 aliphatic carbocycles. The summed E-state index contributed by atoms with van der Waals surface area (Å²) < 4.78 is 0. The van der Waals surface area contributed by atoms with Crippen molar-refractivity contribution in [2.24, 2.45) is 0 Å².